The summed E-state index contributed by atoms with van der Waals surface area (Å²) in [5, 5.41) is 3.92. The van der Waals surface area contributed by atoms with Crippen molar-refractivity contribution in [2.45, 2.75) is 19.9 Å². The van der Waals surface area contributed by atoms with Gasteiger partial charge in [0, 0.05) is 36.4 Å². The number of pyridine rings is 1. The molecule has 19 heavy (non-hydrogen) atoms. The van der Waals surface area contributed by atoms with Crippen LogP contribution in [-0.2, 0) is 0 Å². The molecule has 0 radical (unpaired) electrons. The third-order valence-corrected chi connectivity index (χ3v) is 2.64. The average molecular weight is 256 g/mol. The second-order valence-electron chi connectivity index (χ2n) is 4.43. The van der Waals surface area contributed by atoms with E-state index in [-0.39, 0.29) is 5.91 Å². The summed E-state index contributed by atoms with van der Waals surface area (Å²) in [6, 6.07) is 5.75. The van der Waals surface area contributed by atoms with Gasteiger partial charge in [-0.25, -0.2) is 5.43 Å². The number of hydrazone groups is 1. The molecule has 5 heteroatoms. The molecule has 0 spiro atoms. The van der Waals surface area contributed by atoms with E-state index in [0.29, 0.717) is 11.6 Å². The second kappa shape index (κ2) is 5.95. The van der Waals surface area contributed by atoms with Crippen LogP contribution in [-0.4, -0.2) is 21.7 Å². The van der Waals surface area contributed by atoms with Gasteiger partial charge in [-0.05, 0) is 32.0 Å². The maximum atomic E-state index is 11.7. The van der Waals surface area contributed by atoms with Gasteiger partial charge in [0.25, 0.3) is 5.91 Å². The van der Waals surface area contributed by atoms with Crippen LogP contribution in [0, 0.1) is 0 Å². The molecule has 0 aliphatic carbocycles. The molecular weight excluding hydrogens is 240 g/mol. The molecule has 1 N–H and O–H groups in total. The van der Waals surface area contributed by atoms with Crippen LogP contribution in [0.25, 0.3) is 0 Å². The van der Waals surface area contributed by atoms with Gasteiger partial charge in [-0.1, -0.05) is 0 Å². The number of amides is 1. The third kappa shape index (κ3) is 3.51. The Labute approximate surface area is 112 Å². The van der Waals surface area contributed by atoms with Gasteiger partial charge in [-0.3, -0.25) is 9.78 Å². The number of rotatable bonds is 4. The monoisotopic (exact) mass is 256 g/mol. The zero-order chi connectivity index (χ0) is 13.7. The molecule has 1 amide bonds. The minimum absolute atomic E-state index is 0.271. The zero-order valence-electron chi connectivity index (χ0n) is 10.9. The zero-order valence-corrected chi connectivity index (χ0v) is 10.9. The quantitative estimate of drug-likeness (QED) is 0.673. The fourth-order valence-corrected chi connectivity index (χ4v) is 1.55. The number of carbonyl (C=O) groups excluding carboxylic acids is 1. The van der Waals surface area contributed by atoms with E-state index in [0.717, 1.165) is 5.56 Å². The van der Waals surface area contributed by atoms with Crippen LogP contribution in [0.5, 0.6) is 0 Å². The van der Waals surface area contributed by atoms with Crippen molar-refractivity contribution in [2.75, 3.05) is 0 Å². The Morgan fingerprint density at radius 1 is 1.47 bits per heavy atom. The Morgan fingerprint density at radius 3 is 2.95 bits per heavy atom. The maximum Gasteiger partial charge on any atom is 0.272 e. The van der Waals surface area contributed by atoms with Crippen molar-refractivity contribution in [3.05, 3.63) is 54.1 Å². The largest absolute Gasteiger partial charge is 0.351 e. The molecule has 0 aliphatic rings. The highest BCUT2D eigenvalue weighted by Crippen LogP contribution is 2.06. The lowest BCUT2D eigenvalue weighted by molar-refractivity contribution is 0.0955. The maximum absolute atomic E-state index is 11.7. The van der Waals surface area contributed by atoms with Crippen molar-refractivity contribution in [2.24, 2.45) is 5.10 Å². The van der Waals surface area contributed by atoms with Gasteiger partial charge in [0.1, 0.15) is 0 Å². The molecule has 2 rings (SSSR count). The molecule has 98 valence electrons. The summed E-state index contributed by atoms with van der Waals surface area (Å²) in [7, 11) is 0. The SMILES string of the molecule is CC(C)n1ccc(/C=N\NC(=O)c2cccnc2)c1. The van der Waals surface area contributed by atoms with Crippen LogP contribution in [0.4, 0.5) is 0 Å². The molecule has 0 atom stereocenters. The molecule has 0 fully saturated rings. The minimum atomic E-state index is -0.271. The molecular formula is C14H16N4O. The number of nitrogens with one attached hydrogen (secondary N) is 1. The number of hydrogen-bond donors (Lipinski definition) is 1. The Kier molecular flexibility index (Phi) is 4.07. The average Bonchev–Trinajstić information content (AvgIpc) is 2.89. The number of nitrogens with zero attached hydrogens (tertiary/aromatic N) is 3. The smallest absolute Gasteiger partial charge is 0.272 e. The molecule has 0 bridgehead atoms. The Bertz CT molecular complexity index is 572. The first-order valence-corrected chi connectivity index (χ1v) is 6.08. The molecule has 0 unspecified atom stereocenters. The predicted octanol–water partition coefficient (Wildman–Crippen LogP) is 2.23. The third-order valence-electron chi connectivity index (χ3n) is 2.64. The van der Waals surface area contributed by atoms with Gasteiger partial charge in [-0.15, -0.1) is 0 Å². The summed E-state index contributed by atoms with van der Waals surface area (Å²) < 4.78 is 2.07. The molecule has 0 saturated carbocycles. The van der Waals surface area contributed by atoms with Crippen LogP contribution in [0.15, 0.2) is 48.1 Å². The first-order valence-electron chi connectivity index (χ1n) is 6.08. The van der Waals surface area contributed by atoms with E-state index in [2.05, 4.69) is 33.9 Å². The van der Waals surface area contributed by atoms with E-state index in [9.17, 15) is 4.79 Å². The molecule has 5 nitrogen and oxygen atoms in total. The summed E-state index contributed by atoms with van der Waals surface area (Å²) in [6.45, 7) is 4.20. The van der Waals surface area contributed by atoms with Crippen molar-refractivity contribution in [3.8, 4) is 0 Å². The van der Waals surface area contributed by atoms with Crippen molar-refractivity contribution in [1.82, 2.24) is 15.0 Å². The summed E-state index contributed by atoms with van der Waals surface area (Å²) >= 11 is 0. The van der Waals surface area contributed by atoms with E-state index in [4.69, 9.17) is 0 Å². The van der Waals surface area contributed by atoms with Crippen molar-refractivity contribution < 1.29 is 4.79 Å². The van der Waals surface area contributed by atoms with E-state index in [1.165, 1.54) is 6.20 Å². The van der Waals surface area contributed by atoms with Crippen LogP contribution in [0.3, 0.4) is 0 Å². The van der Waals surface area contributed by atoms with Gasteiger partial charge >= 0.3 is 0 Å². The van der Waals surface area contributed by atoms with E-state index in [1.54, 1.807) is 24.5 Å². The van der Waals surface area contributed by atoms with Crippen LogP contribution in [0.1, 0.15) is 35.8 Å². The lowest BCUT2D eigenvalue weighted by atomic mass is 10.3. The number of carbonyl (C=O) groups is 1. The lowest BCUT2D eigenvalue weighted by Gasteiger charge is -2.04. The van der Waals surface area contributed by atoms with Gasteiger partial charge in [0.15, 0.2) is 0 Å². The molecule has 2 aromatic heterocycles. The van der Waals surface area contributed by atoms with Crippen molar-refractivity contribution in [3.63, 3.8) is 0 Å². The Morgan fingerprint density at radius 2 is 2.32 bits per heavy atom. The second-order valence-corrected chi connectivity index (χ2v) is 4.43. The Balaban J connectivity index is 1.94. The fraction of sp³-hybridized carbons (Fsp3) is 0.214. The Hall–Kier alpha value is -2.43. The molecule has 0 saturated heterocycles. The number of hydrogen-bond acceptors (Lipinski definition) is 3. The molecule has 0 aliphatic heterocycles. The van der Waals surface area contributed by atoms with Crippen molar-refractivity contribution in [1.29, 1.82) is 0 Å². The minimum Gasteiger partial charge on any atom is -0.351 e. The van der Waals surface area contributed by atoms with Gasteiger partial charge in [0.2, 0.25) is 0 Å². The topological polar surface area (TPSA) is 59.3 Å². The van der Waals surface area contributed by atoms with E-state index in [1.807, 2.05) is 18.5 Å². The molecule has 2 aromatic rings. The first-order chi connectivity index (χ1) is 9.16. The molecule has 2 heterocycles. The van der Waals surface area contributed by atoms with Crippen LogP contribution < -0.4 is 5.43 Å². The summed E-state index contributed by atoms with van der Waals surface area (Å²) in [6.07, 6.45) is 8.70. The normalized spacial score (nSPS) is 11.1. The highest BCUT2D eigenvalue weighted by molar-refractivity contribution is 5.94. The summed E-state index contributed by atoms with van der Waals surface area (Å²) in [5.41, 5.74) is 3.90. The van der Waals surface area contributed by atoms with Crippen LogP contribution >= 0.6 is 0 Å². The van der Waals surface area contributed by atoms with Crippen LogP contribution in [0.2, 0.25) is 0 Å². The molecule has 0 aromatic carbocycles. The highest BCUT2D eigenvalue weighted by Gasteiger charge is 2.02. The fourth-order valence-electron chi connectivity index (χ4n) is 1.55. The van der Waals surface area contributed by atoms with E-state index < -0.39 is 0 Å². The van der Waals surface area contributed by atoms with Crippen molar-refractivity contribution >= 4 is 12.1 Å². The van der Waals surface area contributed by atoms with E-state index >= 15 is 0 Å². The lowest BCUT2D eigenvalue weighted by Crippen LogP contribution is -2.17. The summed E-state index contributed by atoms with van der Waals surface area (Å²) in [4.78, 5) is 15.6. The van der Waals surface area contributed by atoms with Gasteiger partial charge in [0.05, 0.1) is 11.8 Å². The highest BCUT2D eigenvalue weighted by atomic mass is 16.2. The number of aromatic nitrogens is 2. The van der Waals surface area contributed by atoms with Gasteiger partial charge in [-0.2, -0.15) is 5.10 Å². The standard InChI is InChI=1S/C14H16N4O/c1-11(2)18-7-5-12(10-18)8-16-17-14(19)13-4-3-6-15-9-13/h3-11H,1-2H3,(H,17,19)/b16-8-. The van der Waals surface area contributed by atoms with Gasteiger partial charge < -0.3 is 4.57 Å². The first kappa shape index (κ1) is 13.0. The predicted molar refractivity (Wildman–Crippen MR) is 74.1 cm³/mol. The summed E-state index contributed by atoms with van der Waals surface area (Å²) in [5.74, 6) is -0.271.